The van der Waals surface area contributed by atoms with Gasteiger partial charge in [0, 0.05) is 7.11 Å². The predicted molar refractivity (Wildman–Crippen MR) is 43.0 cm³/mol. The number of hydrogen-bond donors (Lipinski definition) is 0. The van der Waals surface area contributed by atoms with Gasteiger partial charge < -0.3 is 4.74 Å². The Morgan fingerprint density at radius 2 is 2.27 bits per heavy atom. The molecule has 62 valence electrons. The van der Waals surface area contributed by atoms with Crippen LogP contribution in [-0.2, 0) is 4.74 Å². The Labute approximate surface area is 68.2 Å². The zero-order valence-corrected chi connectivity index (χ0v) is 7.26. The first kappa shape index (κ1) is 8.55. The molecule has 1 saturated carbocycles. The first-order chi connectivity index (χ1) is 5.20. The average Bonchev–Trinajstić information content (AvgIpc) is 1.97. The number of nitriles is 1. The van der Waals surface area contributed by atoms with E-state index in [1.54, 1.807) is 7.11 Å². The van der Waals surface area contributed by atoms with Crippen molar-refractivity contribution >= 4 is 0 Å². The summed E-state index contributed by atoms with van der Waals surface area (Å²) in [6.07, 6.45) is 4.79. The highest BCUT2D eigenvalue weighted by molar-refractivity contribution is 4.99. The van der Waals surface area contributed by atoms with E-state index in [4.69, 9.17) is 10.00 Å². The zero-order valence-electron chi connectivity index (χ0n) is 7.26. The summed E-state index contributed by atoms with van der Waals surface area (Å²) in [5, 5.41) is 8.78. The number of nitrogens with zero attached hydrogens (tertiary/aromatic N) is 1. The fourth-order valence-electron chi connectivity index (χ4n) is 1.42. The first-order valence-corrected chi connectivity index (χ1v) is 4.16. The Morgan fingerprint density at radius 1 is 1.64 bits per heavy atom. The normalized spacial score (nSPS) is 23.4. The van der Waals surface area contributed by atoms with Crippen LogP contribution in [0.15, 0.2) is 0 Å². The summed E-state index contributed by atoms with van der Waals surface area (Å²) < 4.78 is 5.13. The lowest BCUT2D eigenvalue weighted by Crippen LogP contribution is -2.30. The van der Waals surface area contributed by atoms with Gasteiger partial charge in [0.05, 0.1) is 6.07 Å². The molecule has 1 unspecified atom stereocenters. The van der Waals surface area contributed by atoms with Crippen LogP contribution in [0.5, 0.6) is 0 Å². The van der Waals surface area contributed by atoms with Crippen LogP contribution in [0.4, 0.5) is 0 Å². The summed E-state index contributed by atoms with van der Waals surface area (Å²) in [5.41, 5.74) is -0.537. The summed E-state index contributed by atoms with van der Waals surface area (Å²) >= 11 is 0. The van der Waals surface area contributed by atoms with Crippen molar-refractivity contribution in [3.8, 4) is 6.07 Å². The van der Waals surface area contributed by atoms with Crippen LogP contribution in [0, 0.1) is 17.2 Å². The molecule has 0 aromatic carbocycles. The van der Waals surface area contributed by atoms with E-state index < -0.39 is 5.60 Å². The lowest BCUT2D eigenvalue weighted by Gasteiger charge is -2.31. The second kappa shape index (κ2) is 3.23. The molecule has 0 heterocycles. The van der Waals surface area contributed by atoms with Crippen molar-refractivity contribution < 1.29 is 4.74 Å². The van der Waals surface area contributed by atoms with Crippen LogP contribution >= 0.6 is 0 Å². The fraction of sp³-hybridized carbons (Fsp3) is 0.889. The molecule has 0 aliphatic heterocycles. The maximum Gasteiger partial charge on any atom is 0.151 e. The van der Waals surface area contributed by atoms with Gasteiger partial charge in [0.15, 0.2) is 5.60 Å². The number of methoxy groups -OCH3 is 1. The van der Waals surface area contributed by atoms with Crippen LogP contribution in [0.3, 0.4) is 0 Å². The fourth-order valence-corrected chi connectivity index (χ4v) is 1.42. The molecule has 0 aromatic rings. The van der Waals surface area contributed by atoms with Gasteiger partial charge in [0.25, 0.3) is 0 Å². The largest absolute Gasteiger partial charge is 0.364 e. The summed E-state index contributed by atoms with van der Waals surface area (Å²) in [5.74, 6) is 0.736. The molecule has 1 aliphatic carbocycles. The van der Waals surface area contributed by atoms with Gasteiger partial charge in [-0.1, -0.05) is 19.3 Å². The minimum atomic E-state index is -0.537. The Bertz CT molecular complexity index is 169. The molecule has 2 heteroatoms. The van der Waals surface area contributed by atoms with Gasteiger partial charge >= 0.3 is 0 Å². The van der Waals surface area contributed by atoms with E-state index in [1.165, 1.54) is 19.3 Å². The van der Waals surface area contributed by atoms with Crippen molar-refractivity contribution in [1.82, 2.24) is 0 Å². The molecule has 0 spiro atoms. The van der Waals surface area contributed by atoms with Gasteiger partial charge in [0.2, 0.25) is 0 Å². The highest BCUT2D eigenvalue weighted by atomic mass is 16.5. The van der Waals surface area contributed by atoms with Crippen LogP contribution in [0.2, 0.25) is 0 Å². The second-order valence-electron chi connectivity index (χ2n) is 3.55. The zero-order chi connectivity index (χ0) is 8.32. The highest BCUT2D eigenvalue weighted by Crippen LogP contribution is 2.34. The molecule has 2 nitrogen and oxygen atoms in total. The molecule has 1 aliphatic rings. The van der Waals surface area contributed by atoms with Crippen molar-refractivity contribution in [2.75, 3.05) is 7.11 Å². The van der Waals surface area contributed by atoms with E-state index in [1.807, 2.05) is 6.92 Å². The summed E-state index contributed by atoms with van der Waals surface area (Å²) in [6.45, 7) is 1.87. The van der Waals surface area contributed by atoms with E-state index in [0.717, 1.165) is 12.3 Å². The standard InChI is InChI=1S/C9H15NO/c1-9(7-10,11-2)6-8-4-3-5-8/h8H,3-6H2,1-2H3. The van der Waals surface area contributed by atoms with Crippen molar-refractivity contribution in [3.05, 3.63) is 0 Å². The van der Waals surface area contributed by atoms with Gasteiger partial charge in [-0.05, 0) is 19.3 Å². The maximum absolute atomic E-state index is 8.78. The van der Waals surface area contributed by atoms with E-state index in [0.29, 0.717) is 0 Å². The molecule has 0 saturated heterocycles. The van der Waals surface area contributed by atoms with Gasteiger partial charge in [-0.3, -0.25) is 0 Å². The van der Waals surface area contributed by atoms with Crippen molar-refractivity contribution in [2.24, 2.45) is 5.92 Å². The maximum atomic E-state index is 8.78. The minimum Gasteiger partial charge on any atom is -0.364 e. The molecule has 0 amide bonds. The first-order valence-electron chi connectivity index (χ1n) is 4.16. The molecule has 0 N–H and O–H groups in total. The van der Waals surface area contributed by atoms with Crippen LogP contribution in [0.25, 0.3) is 0 Å². The Morgan fingerprint density at radius 3 is 2.55 bits per heavy atom. The van der Waals surface area contributed by atoms with E-state index in [-0.39, 0.29) is 0 Å². The molecule has 1 atom stereocenters. The topological polar surface area (TPSA) is 33.0 Å². The second-order valence-corrected chi connectivity index (χ2v) is 3.55. The van der Waals surface area contributed by atoms with Gasteiger partial charge in [0.1, 0.15) is 0 Å². The monoisotopic (exact) mass is 153 g/mol. The molecule has 0 aromatic heterocycles. The summed E-state index contributed by atoms with van der Waals surface area (Å²) in [4.78, 5) is 0. The minimum absolute atomic E-state index is 0.537. The Hall–Kier alpha value is -0.550. The summed E-state index contributed by atoms with van der Waals surface area (Å²) in [7, 11) is 1.61. The van der Waals surface area contributed by atoms with Gasteiger partial charge in [-0.25, -0.2) is 0 Å². The SMILES string of the molecule is COC(C)(C#N)CC1CCC1. The third kappa shape index (κ3) is 1.94. The smallest absolute Gasteiger partial charge is 0.151 e. The molecule has 0 bridgehead atoms. The Balaban J connectivity index is 2.37. The van der Waals surface area contributed by atoms with E-state index in [9.17, 15) is 0 Å². The van der Waals surface area contributed by atoms with E-state index >= 15 is 0 Å². The molecule has 0 radical (unpaired) electrons. The molecular weight excluding hydrogens is 138 g/mol. The predicted octanol–water partition coefficient (Wildman–Crippen LogP) is 2.11. The van der Waals surface area contributed by atoms with Gasteiger partial charge in [-0.15, -0.1) is 0 Å². The van der Waals surface area contributed by atoms with E-state index in [2.05, 4.69) is 6.07 Å². The third-order valence-corrected chi connectivity index (χ3v) is 2.59. The quantitative estimate of drug-likeness (QED) is 0.622. The average molecular weight is 153 g/mol. The number of ether oxygens (including phenoxy) is 1. The molecule has 1 fully saturated rings. The van der Waals surface area contributed by atoms with Crippen molar-refractivity contribution in [2.45, 2.75) is 38.2 Å². The van der Waals surface area contributed by atoms with Crippen molar-refractivity contribution in [3.63, 3.8) is 0 Å². The van der Waals surface area contributed by atoms with Crippen molar-refractivity contribution in [1.29, 1.82) is 5.26 Å². The third-order valence-electron chi connectivity index (χ3n) is 2.59. The molecule has 11 heavy (non-hydrogen) atoms. The van der Waals surface area contributed by atoms with Crippen LogP contribution in [-0.4, -0.2) is 12.7 Å². The number of rotatable bonds is 3. The molecule has 1 rings (SSSR count). The number of hydrogen-bond acceptors (Lipinski definition) is 2. The lowest BCUT2D eigenvalue weighted by atomic mass is 9.78. The Kier molecular flexibility index (Phi) is 2.51. The highest BCUT2D eigenvalue weighted by Gasteiger charge is 2.30. The van der Waals surface area contributed by atoms with Crippen LogP contribution in [0.1, 0.15) is 32.6 Å². The van der Waals surface area contributed by atoms with Crippen LogP contribution < -0.4 is 0 Å². The summed E-state index contributed by atoms with van der Waals surface area (Å²) in [6, 6.07) is 2.20. The van der Waals surface area contributed by atoms with Gasteiger partial charge in [-0.2, -0.15) is 5.26 Å². The lowest BCUT2D eigenvalue weighted by molar-refractivity contribution is 0.0221. The molecular formula is C9H15NO.